The second kappa shape index (κ2) is 7.17. The van der Waals surface area contributed by atoms with Crippen LogP contribution in [-0.4, -0.2) is 29.1 Å². The van der Waals surface area contributed by atoms with Gasteiger partial charge in [-0.1, -0.05) is 37.3 Å². The molecule has 1 aromatic heterocycles. The molecule has 0 aliphatic heterocycles. The highest BCUT2D eigenvalue weighted by Crippen LogP contribution is 2.24. The van der Waals surface area contributed by atoms with Crippen molar-refractivity contribution in [3.8, 4) is 10.6 Å². The predicted molar refractivity (Wildman–Crippen MR) is 80.8 cm³/mol. The molecule has 2 aromatic rings. The molecule has 20 heavy (non-hydrogen) atoms. The van der Waals surface area contributed by atoms with E-state index in [9.17, 15) is 4.79 Å². The number of hydrogen-bond acceptors (Lipinski definition) is 4. The maximum Gasteiger partial charge on any atom is 0.263 e. The number of carbonyl (C=O) groups is 1. The van der Waals surface area contributed by atoms with Gasteiger partial charge in [-0.25, -0.2) is 4.98 Å². The Bertz CT molecular complexity index is 554. The first-order chi connectivity index (χ1) is 9.70. The average Bonchev–Trinajstić information content (AvgIpc) is 2.96. The van der Waals surface area contributed by atoms with E-state index in [2.05, 4.69) is 10.3 Å². The van der Waals surface area contributed by atoms with Crippen molar-refractivity contribution in [3.05, 3.63) is 41.4 Å². The van der Waals surface area contributed by atoms with Gasteiger partial charge in [0.15, 0.2) is 0 Å². The normalized spacial score (nSPS) is 12.1. The Labute approximate surface area is 122 Å². The Hall–Kier alpha value is -1.72. The highest BCUT2D eigenvalue weighted by molar-refractivity contribution is 7.16. The van der Waals surface area contributed by atoms with Crippen molar-refractivity contribution in [1.29, 1.82) is 0 Å². The number of aliphatic hydroxyl groups excluding tert-OH is 1. The third kappa shape index (κ3) is 3.88. The second-order valence-corrected chi connectivity index (χ2v) is 5.75. The number of nitrogens with zero attached hydrogens (tertiary/aromatic N) is 1. The van der Waals surface area contributed by atoms with Crippen molar-refractivity contribution in [2.45, 2.75) is 13.3 Å². The molecule has 4 nitrogen and oxygen atoms in total. The maximum absolute atomic E-state index is 12.0. The van der Waals surface area contributed by atoms with Crippen molar-refractivity contribution in [3.63, 3.8) is 0 Å². The average molecular weight is 290 g/mol. The van der Waals surface area contributed by atoms with Crippen LogP contribution >= 0.6 is 11.3 Å². The molecule has 1 heterocycles. The lowest BCUT2D eigenvalue weighted by Gasteiger charge is -2.09. The molecule has 0 saturated carbocycles. The van der Waals surface area contributed by atoms with E-state index in [0.717, 1.165) is 10.6 Å². The zero-order chi connectivity index (χ0) is 14.4. The third-order valence-electron chi connectivity index (χ3n) is 2.98. The molecular formula is C15H18N2O2S. The van der Waals surface area contributed by atoms with Crippen LogP contribution in [0.25, 0.3) is 10.6 Å². The number of amides is 1. The van der Waals surface area contributed by atoms with Gasteiger partial charge in [-0.05, 0) is 12.3 Å². The number of hydrogen-bond donors (Lipinski definition) is 2. The number of thiazole rings is 1. The Balaban J connectivity index is 1.97. The number of carbonyl (C=O) groups excluding carboxylic acids is 1. The summed E-state index contributed by atoms with van der Waals surface area (Å²) in [7, 11) is 0. The van der Waals surface area contributed by atoms with Crippen LogP contribution in [0.1, 0.15) is 23.0 Å². The summed E-state index contributed by atoms with van der Waals surface area (Å²) in [6.45, 7) is 2.71. The molecular weight excluding hydrogens is 272 g/mol. The van der Waals surface area contributed by atoms with Gasteiger partial charge in [0.05, 0.1) is 6.20 Å². The topological polar surface area (TPSA) is 62.2 Å². The Morgan fingerprint density at radius 1 is 1.40 bits per heavy atom. The third-order valence-corrected chi connectivity index (χ3v) is 4.03. The molecule has 1 unspecified atom stereocenters. The van der Waals surface area contributed by atoms with E-state index in [-0.39, 0.29) is 18.4 Å². The number of rotatable bonds is 6. The minimum atomic E-state index is -0.102. The molecule has 0 saturated heterocycles. The van der Waals surface area contributed by atoms with Gasteiger partial charge in [0, 0.05) is 18.7 Å². The van der Waals surface area contributed by atoms with Crippen LogP contribution in [-0.2, 0) is 0 Å². The lowest BCUT2D eigenvalue weighted by molar-refractivity contribution is 0.0949. The number of benzene rings is 1. The van der Waals surface area contributed by atoms with E-state index < -0.39 is 0 Å². The van der Waals surface area contributed by atoms with E-state index in [0.29, 0.717) is 17.8 Å². The number of aromatic nitrogens is 1. The summed E-state index contributed by atoms with van der Waals surface area (Å²) in [6.07, 6.45) is 2.30. The standard InChI is InChI=1S/C15H18N2O2S/c1-11(7-8-18)9-16-14(19)13-10-17-15(20-13)12-5-3-2-4-6-12/h2-6,10-11,18H,7-9H2,1H3,(H,16,19). The summed E-state index contributed by atoms with van der Waals surface area (Å²) < 4.78 is 0. The minimum Gasteiger partial charge on any atom is -0.396 e. The van der Waals surface area contributed by atoms with Crippen LogP contribution in [0.5, 0.6) is 0 Å². The Kier molecular flexibility index (Phi) is 5.26. The van der Waals surface area contributed by atoms with Crippen LogP contribution in [0.3, 0.4) is 0 Å². The lowest BCUT2D eigenvalue weighted by Crippen LogP contribution is -2.28. The van der Waals surface area contributed by atoms with Crippen molar-refractivity contribution >= 4 is 17.2 Å². The van der Waals surface area contributed by atoms with E-state index in [1.165, 1.54) is 11.3 Å². The summed E-state index contributed by atoms with van der Waals surface area (Å²) in [4.78, 5) is 16.9. The molecule has 5 heteroatoms. The Morgan fingerprint density at radius 3 is 2.85 bits per heavy atom. The largest absolute Gasteiger partial charge is 0.396 e. The van der Waals surface area contributed by atoms with Crippen molar-refractivity contribution in [2.75, 3.05) is 13.2 Å². The molecule has 2 N–H and O–H groups in total. The minimum absolute atomic E-state index is 0.102. The van der Waals surface area contributed by atoms with Gasteiger partial charge in [0.1, 0.15) is 9.88 Å². The monoisotopic (exact) mass is 290 g/mol. The van der Waals surface area contributed by atoms with Gasteiger partial charge in [0.25, 0.3) is 5.91 Å². The summed E-state index contributed by atoms with van der Waals surface area (Å²) in [5.74, 6) is 0.167. The van der Waals surface area contributed by atoms with E-state index in [1.54, 1.807) is 6.20 Å². The molecule has 0 fully saturated rings. The van der Waals surface area contributed by atoms with Crippen molar-refractivity contribution in [2.24, 2.45) is 5.92 Å². The van der Waals surface area contributed by atoms with E-state index >= 15 is 0 Å². The lowest BCUT2D eigenvalue weighted by atomic mass is 10.1. The van der Waals surface area contributed by atoms with E-state index in [1.807, 2.05) is 37.3 Å². The van der Waals surface area contributed by atoms with Gasteiger partial charge in [-0.2, -0.15) is 0 Å². The molecule has 0 aliphatic rings. The summed E-state index contributed by atoms with van der Waals surface area (Å²) in [6, 6.07) is 9.81. The van der Waals surface area contributed by atoms with Gasteiger partial charge in [-0.15, -0.1) is 11.3 Å². The fourth-order valence-electron chi connectivity index (χ4n) is 1.77. The molecule has 1 amide bonds. The second-order valence-electron chi connectivity index (χ2n) is 4.72. The van der Waals surface area contributed by atoms with Gasteiger partial charge in [0.2, 0.25) is 0 Å². The molecule has 0 radical (unpaired) electrons. The SMILES string of the molecule is CC(CCO)CNC(=O)c1cnc(-c2ccccc2)s1. The van der Waals surface area contributed by atoms with Crippen LogP contribution in [0.15, 0.2) is 36.5 Å². The summed E-state index contributed by atoms with van der Waals surface area (Å²) in [5, 5.41) is 12.5. The molecule has 1 atom stereocenters. The predicted octanol–water partition coefficient (Wildman–Crippen LogP) is 2.56. The molecule has 2 rings (SSSR count). The maximum atomic E-state index is 12.0. The molecule has 0 spiro atoms. The van der Waals surface area contributed by atoms with Gasteiger partial charge < -0.3 is 10.4 Å². The fourth-order valence-corrected chi connectivity index (χ4v) is 2.61. The Morgan fingerprint density at radius 2 is 2.15 bits per heavy atom. The molecule has 1 aromatic carbocycles. The van der Waals surface area contributed by atoms with Crippen molar-refractivity contribution < 1.29 is 9.90 Å². The van der Waals surface area contributed by atoms with Crippen LogP contribution in [0, 0.1) is 5.92 Å². The van der Waals surface area contributed by atoms with Crippen molar-refractivity contribution in [1.82, 2.24) is 10.3 Å². The smallest absolute Gasteiger partial charge is 0.263 e. The quantitative estimate of drug-likeness (QED) is 0.859. The summed E-state index contributed by atoms with van der Waals surface area (Å²) >= 11 is 1.39. The molecule has 0 bridgehead atoms. The summed E-state index contributed by atoms with van der Waals surface area (Å²) in [5.41, 5.74) is 1.02. The highest BCUT2D eigenvalue weighted by atomic mass is 32.1. The number of aliphatic hydroxyl groups is 1. The fraction of sp³-hybridized carbons (Fsp3) is 0.333. The first kappa shape index (κ1) is 14.7. The first-order valence-corrected chi connectivity index (χ1v) is 7.42. The first-order valence-electron chi connectivity index (χ1n) is 6.61. The van der Waals surface area contributed by atoms with E-state index in [4.69, 9.17) is 5.11 Å². The van der Waals surface area contributed by atoms with Crippen LogP contribution < -0.4 is 5.32 Å². The van der Waals surface area contributed by atoms with Gasteiger partial charge >= 0.3 is 0 Å². The van der Waals surface area contributed by atoms with Crippen LogP contribution in [0.2, 0.25) is 0 Å². The number of nitrogens with one attached hydrogen (secondary N) is 1. The zero-order valence-electron chi connectivity index (χ0n) is 11.4. The highest BCUT2D eigenvalue weighted by Gasteiger charge is 2.12. The zero-order valence-corrected chi connectivity index (χ0v) is 12.2. The molecule has 106 valence electrons. The van der Waals surface area contributed by atoms with Crippen LogP contribution in [0.4, 0.5) is 0 Å². The molecule has 0 aliphatic carbocycles. The van der Waals surface area contributed by atoms with Gasteiger partial charge in [-0.3, -0.25) is 4.79 Å².